The molecular formula is C21H26O8. The lowest BCUT2D eigenvalue weighted by Gasteiger charge is -2.23. The van der Waals surface area contributed by atoms with Crippen molar-refractivity contribution in [2.75, 3.05) is 13.9 Å². The van der Waals surface area contributed by atoms with Gasteiger partial charge in [-0.2, -0.15) is 0 Å². The van der Waals surface area contributed by atoms with E-state index in [0.717, 1.165) is 6.08 Å². The molecule has 0 amide bonds. The third kappa shape index (κ3) is 5.98. The molecule has 1 aromatic rings. The fourth-order valence-corrected chi connectivity index (χ4v) is 2.88. The number of aliphatic hydroxyl groups excluding tert-OH is 2. The summed E-state index contributed by atoms with van der Waals surface area (Å²) in [5.74, 6) is -1.71. The zero-order valence-electron chi connectivity index (χ0n) is 16.6. The Labute approximate surface area is 169 Å². The molecule has 0 aliphatic carbocycles. The molecule has 1 aliphatic heterocycles. The van der Waals surface area contributed by atoms with Crippen LogP contribution in [0.15, 0.2) is 30.4 Å². The second kappa shape index (κ2) is 10.3. The Morgan fingerprint density at radius 2 is 1.93 bits per heavy atom. The lowest BCUT2D eigenvalue weighted by atomic mass is 10.00. The van der Waals surface area contributed by atoms with Crippen molar-refractivity contribution in [1.82, 2.24) is 0 Å². The van der Waals surface area contributed by atoms with Gasteiger partial charge in [-0.15, -0.1) is 0 Å². The summed E-state index contributed by atoms with van der Waals surface area (Å²) in [6.45, 7) is 3.19. The Kier molecular flexibility index (Phi) is 8.10. The van der Waals surface area contributed by atoms with Crippen molar-refractivity contribution in [3.63, 3.8) is 0 Å². The number of fused-ring (bicyclic) bond motifs is 1. The number of carbonyl (C=O) groups is 2. The average molecular weight is 406 g/mol. The normalized spacial score (nSPS) is 28.2. The second-order valence-electron chi connectivity index (χ2n) is 6.81. The number of rotatable bonds is 3. The molecule has 1 aliphatic rings. The minimum absolute atomic E-state index is 0.0312. The Bertz CT molecular complexity index is 798. The number of methoxy groups -OCH3 is 1. The van der Waals surface area contributed by atoms with Gasteiger partial charge in [0.1, 0.15) is 36.4 Å². The molecule has 0 saturated heterocycles. The molecule has 0 spiro atoms. The van der Waals surface area contributed by atoms with E-state index in [1.165, 1.54) is 31.4 Å². The third-order valence-electron chi connectivity index (χ3n) is 4.41. The number of phenolic OH excluding ortho intramolecular Hbond substituents is 1. The van der Waals surface area contributed by atoms with Gasteiger partial charge < -0.3 is 29.5 Å². The minimum atomic E-state index is -1.62. The SMILES string of the molecule is COCO[C@@H]1/C=C\C(=O)[C@@H](O)[C@@H](O)C/C=C/c2cc(C)cc(O)c2C(=O)O[C@H]1C. The zero-order chi connectivity index (χ0) is 21.6. The van der Waals surface area contributed by atoms with Crippen molar-refractivity contribution < 1.29 is 39.1 Å². The van der Waals surface area contributed by atoms with Gasteiger partial charge in [0, 0.05) is 7.11 Å². The Morgan fingerprint density at radius 3 is 2.62 bits per heavy atom. The molecule has 8 heteroatoms. The summed E-state index contributed by atoms with van der Waals surface area (Å²) < 4.78 is 15.8. The van der Waals surface area contributed by atoms with Crippen LogP contribution in [0.3, 0.4) is 0 Å². The first-order chi connectivity index (χ1) is 13.7. The van der Waals surface area contributed by atoms with Crippen LogP contribution in [0.5, 0.6) is 5.75 Å². The van der Waals surface area contributed by atoms with Gasteiger partial charge in [0.15, 0.2) is 5.78 Å². The van der Waals surface area contributed by atoms with Gasteiger partial charge >= 0.3 is 5.97 Å². The summed E-state index contributed by atoms with van der Waals surface area (Å²) in [4.78, 5) is 24.9. The van der Waals surface area contributed by atoms with Crippen LogP contribution in [0.4, 0.5) is 0 Å². The molecule has 1 heterocycles. The standard InChI is InChI=1S/C21H26O8/c1-12-9-14-5-4-6-15(22)20(25)16(23)7-8-18(28-11-27-3)13(2)29-21(26)19(14)17(24)10-12/h4-5,7-10,13,15,18,20,22,24-25H,6,11H2,1-3H3/b5-4+,8-7-/t13-,15-,18+,20-/m0/s1. The quantitative estimate of drug-likeness (QED) is 0.510. The monoisotopic (exact) mass is 406 g/mol. The Hall–Kier alpha value is -2.52. The van der Waals surface area contributed by atoms with Crippen molar-refractivity contribution in [3.8, 4) is 5.75 Å². The molecule has 158 valence electrons. The van der Waals surface area contributed by atoms with Gasteiger partial charge in [0.05, 0.1) is 6.10 Å². The van der Waals surface area contributed by atoms with Gasteiger partial charge in [0.25, 0.3) is 0 Å². The lowest BCUT2D eigenvalue weighted by molar-refractivity contribution is -0.127. The molecule has 8 nitrogen and oxygen atoms in total. The molecule has 1 aromatic carbocycles. The van der Waals surface area contributed by atoms with E-state index < -0.39 is 36.2 Å². The number of hydrogen-bond acceptors (Lipinski definition) is 8. The highest BCUT2D eigenvalue weighted by Gasteiger charge is 2.26. The molecule has 0 saturated carbocycles. The van der Waals surface area contributed by atoms with E-state index >= 15 is 0 Å². The Balaban J connectivity index is 2.47. The number of cyclic esters (lactones) is 1. The summed E-state index contributed by atoms with van der Waals surface area (Å²) in [5, 5.41) is 30.4. The number of hydrogen-bond donors (Lipinski definition) is 3. The van der Waals surface area contributed by atoms with E-state index in [4.69, 9.17) is 14.2 Å². The first-order valence-corrected chi connectivity index (χ1v) is 9.14. The van der Waals surface area contributed by atoms with Crippen molar-refractivity contribution >= 4 is 17.8 Å². The highest BCUT2D eigenvalue weighted by Crippen LogP contribution is 2.27. The van der Waals surface area contributed by atoms with Crippen LogP contribution in [0, 0.1) is 6.92 Å². The fraction of sp³-hybridized carbons (Fsp3) is 0.429. The predicted molar refractivity (Wildman–Crippen MR) is 104 cm³/mol. The zero-order valence-corrected chi connectivity index (χ0v) is 16.6. The van der Waals surface area contributed by atoms with E-state index in [-0.39, 0.29) is 24.5 Å². The van der Waals surface area contributed by atoms with Crippen molar-refractivity contribution in [1.29, 1.82) is 0 Å². The summed E-state index contributed by atoms with van der Waals surface area (Å²) >= 11 is 0. The van der Waals surface area contributed by atoms with Crippen LogP contribution in [0.25, 0.3) is 6.08 Å². The predicted octanol–water partition coefficient (Wildman–Crippen LogP) is 1.50. The highest BCUT2D eigenvalue weighted by molar-refractivity contribution is 5.97. The number of esters is 1. The number of benzene rings is 1. The summed E-state index contributed by atoms with van der Waals surface area (Å²) in [6, 6.07) is 3.12. The molecule has 4 atom stereocenters. The minimum Gasteiger partial charge on any atom is -0.507 e. The molecule has 0 radical (unpaired) electrons. The van der Waals surface area contributed by atoms with Crippen LogP contribution >= 0.6 is 0 Å². The van der Waals surface area contributed by atoms with E-state index in [0.29, 0.717) is 11.1 Å². The second-order valence-corrected chi connectivity index (χ2v) is 6.81. The maximum atomic E-state index is 12.7. The van der Waals surface area contributed by atoms with Crippen molar-refractivity contribution in [3.05, 3.63) is 47.1 Å². The smallest absolute Gasteiger partial charge is 0.342 e. The summed E-state index contributed by atoms with van der Waals surface area (Å²) in [5.41, 5.74) is 1.07. The molecule has 0 unspecified atom stereocenters. The van der Waals surface area contributed by atoms with Gasteiger partial charge in [-0.05, 0) is 49.6 Å². The summed E-state index contributed by atoms with van der Waals surface area (Å²) in [6.07, 6.45) is 0.733. The van der Waals surface area contributed by atoms with Gasteiger partial charge in [0.2, 0.25) is 0 Å². The van der Waals surface area contributed by atoms with E-state index in [1.807, 2.05) is 0 Å². The Morgan fingerprint density at radius 1 is 1.21 bits per heavy atom. The van der Waals surface area contributed by atoms with E-state index in [9.17, 15) is 24.9 Å². The van der Waals surface area contributed by atoms with E-state index in [1.54, 1.807) is 19.9 Å². The number of phenols is 1. The number of carbonyl (C=O) groups excluding carboxylic acids is 2. The molecule has 0 fully saturated rings. The molecule has 3 N–H and O–H groups in total. The number of aliphatic hydroxyl groups is 2. The first-order valence-electron chi connectivity index (χ1n) is 9.14. The fourth-order valence-electron chi connectivity index (χ4n) is 2.88. The highest BCUT2D eigenvalue weighted by atomic mass is 16.7. The van der Waals surface area contributed by atoms with E-state index in [2.05, 4.69) is 0 Å². The van der Waals surface area contributed by atoms with Gasteiger partial charge in [-0.1, -0.05) is 18.2 Å². The number of aromatic hydroxyl groups is 1. The first kappa shape index (κ1) is 22.8. The van der Waals surface area contributed by atoms with Gasteiger partial charge in [-0.3, -0.25) is 4.79 Å². The topological polar surface area (TPSA) is 123 Å². The number of ketones is 1. The molecule has 29 heavy (non-hydrogen) atoms. The van der Waals surface area contributed by atoms with Crippen LogP contribution in [-0.2, 0) is 19.0 Å². The largest absolute Gasteiger partial charge is 0.507 e. The van der Waals surface area contributed by atoms with Crippen molar-refractivity contribution in [2.24, 2.45) is 0 Å². The summed E-state index contributed by atoms with van der Waals surface area (Å²) in [7, 11) is 1.41. The number of ether oxygens (including phenoxy) is 3. The lowest BCUT2D eigenvalue weighted by Crippen LogP contribution is -2.34. The molecular weight excluding hydrogens is 380 g/mol. The molecule has 0 bridgehead atoms. The maximum absolute atomic E-state index is 12.7. The molecule has 0 aromatic heterocycles. The van der Waals surface area contributed by atoms with Crippen LogP contribution in [-0.4, -0.2) is 65.4 Å². The van der Waals surface area contributed by atoms with Crippen molar-refractivity contribution in [2.45, 2.75) is 44.7 Å². The molecule has 2 rings (SSSR count). The van der Waals surface area contributed by atoms with Gasteiger partial charge in [-0.25, -0.2) is 4.79 Å². The number of aryl methyl sites for hydroxylation is 1. The van der Waals surface area contributed by atoms with Crippen LogP contribution < -0.4 is 0 Å². The maximum Gasteiger partial charge on any atom is 0.342 e. The van der Waals surface area contributed by atoms with Crippen LogP contribution in [0.1, 0.15) is 34.8 Å². The van der Waals surface area contributed by atoms with Crippen LogP contribution in [0.2, 0.25) is 0 Å². The third-order valence-corrected chi connectivity index (χ3v) is 4.41. The average Bonchev–Trinajstić information content (AvgIpc) is 2.65.